The Morgan fingerprint density at radius 2 is 1.74 bits per heavy atom. The van der Waals surface area contributed by atoms with E-state index in [2.05, 4.69) is 40.8 Å². The molecule has 3 aromatic heterocycles. The highest BCUT2D eigenvalue weighted by Crippen LogP contribution is 2.35. The lowest BCUT2D eigenvalue weighted by Gasteiger charge is -2.27. The van der Waals surface area contributed by atoms with E-state index in [-0.39, 0.29) is 5.91 Å². The van der Waals surface area contributed by atoms with Gasteiger partial charge in [-0.15, -0.1) is 0 Å². The molecule has 4 heterocycles. The molecule has 1 aromatic carbocycles. The predicted octanol–water partition coefficient (Wildman–Crippen LogP) is 3.06. The van der Waals surface area contributed by atoms with Gasteiger partial charge in [-0.25, -0.2) is 4.98 Å². The SMILES string of the molecule is Cc1c(-c2ccccc2-c2nc3cc(C(=O)N4CCNCC4)ccn3c2C)cnn1C. The van der Waals surface area contributed by atoms with Crippen LogP contribution in [-0.4, -0.2) is 56.2 Å². The number of carbonyl (C=O) groups is 1. The number of hydrogen-bond donors (Lipinski definition) is 1. The average molecular weight is 415 g/mol. The minimum atomic E-state index is 0.0672. The molecule has 1 aliphatic rings. The maximum atomic E-state index is 12.9. The van der Waals surface area contributed by atoms with Gasteiger partial charge >= 0.3 is 0 Å². The summed E-state index contributed by atoms with van der Waals surface area (Å²) in [5.41, 5.74) is 7.82. The second-order valence-corrected chi connectivity index (χ2v) is 8.04. The van der Waals surface area contributed by atoms with Crippen LogP contribution in [0, 0.1) is 13.8 Å². The molecule has 31 heavy (non-hydrogen) atoms. The molecule has 0 saturated carbocycles. The minimum Gasteiger partial charge on any atom is -0.336 e. The van der Waals surface area contributed by atoms with Crippen molar-refractivity contribution in [3.8, 4) is 22.4 Å². The van der Waals surface area contributed by atoms with Gasteiger partial charge in [0, 0.05) is 67.5 Å². The van der Waals surface area contributed by atoms with E-state index in [1.165, 1.54) is 0 Å². The molecule has 0 aliphatic carbocycles. The quantitative estimate of drug-likeness (QED) is 0.560. The Balaban J connectivity index is 1.58. The lowest BCUT2D eigenvalue weighted by atomic mass is 9.97. The lowest BCUT2D eigenvalue weighted by molar-refractivity contribution is 0.0736. The number of amides is 1. The first kappa shape index (κ1) is 19.5. The highest BCUT2D eigenvalue weighted by Gasteiger charge is 2.21. The van der Waals surface area contributed by atoms with Crippen LogP contribution in [0.3, 0.4) is 0 Å². The number of aromatic nitrogens is 4. The molecule has 0 radical (unpaired) electrons. The molecule has 7 heteroatoms. The fourth-order valence-electron chi connectivity index (χ4n) is 4.29. The van der Waals surface area contributed by atoms with Crippen molar-refractivity contribution >= 4 is 11.6 Å². The van der Waals surface area contributed by atoms with Gasteiger partial charge in [0.05, 0.1) is 11.9 Å². The van der Waals surface area contributed by atoms with Crippen molar-refractivity contribution in [1.29, 1.82) is 0 Å². The third-order valence-corrected chi connectivity index (χ3v) is 6.22. The van der Waals surface area contributed by atoms with Crippen LogP contribution in [0.4, 0.5) is 0 Å². The van der Waals surface area contributed by atoms with E-state index in [0.717, 1.165) is 65.6 Å². The van der Waals surface area contributed by atoms with Crippen molar-refractivity contribution in [3.05, 3.63) is 65.7 Å². The second-order valence-electron chi connectivity index (χ2n) is 8.04. The van der Waals surface area contributed by atoms with Crippen LogP contribution >= 0.6 is 0 Å². The molecule has 158 valence electrons. The van der Waals surface area contributed by atoms with Crippen LogP contribution in [0.25, 0.3) is 28.0 Å². The number of carbonyl (C=O) groups excluding carboxylic acids is 1. The normalized spacial score (nSPS) is 14.4. The minimum absolute atomic E-state index is 0.0672. The highest BCUT2D eigenvalue weighted by molar-refractivity contribution is 5.95. The predicted molar refractivity (Wildman–Crippen MR) is 121 cm³/mol. The van der Waals surface area contributed by atoms with Gasteiger partial charge in [-0.2, -0.15) is 5.10 Å². The number of nitrogens with one attached hydrogen (secondary N) is 1. The van der Waals surface area contributed by atoms with Crippen LogP contribution in [0.5, 0.6) is 0 Å². The summed E-state index contributed by atoms with van der Waals surface area (Å²) in [6.45, 7) is 7.29. The van der Waals surface area contributed by atoms with Crippen LogP contribution in [0.15, 0.2) is 48.8 Å². The number of rotatable bonds is 3. The van der Waals surface area contributed by atoms with Crippen molar-refractivity contribution in [1.82, 2.24) is 29.4 Å². The van der Waals surface area contributed by atoms with E-state index >= 15 is 0 Å². The number of nitrogens with zero attached hydrogens (tertiary/aromatic N) is 5. The molecule has 0 bridgehead atoms. The van der Waals surface area contributed by atoms with Crippen LogP contribution in [0.2, 0.25) is 0 Å². The zero-order valence-corrected chi connectivity index (χ0v) is 18.1. The number of hydrogen-bond acceptors (Lipinski definition) is 4. The Morgan fingerprint density at radius 1 is 1.00 bits per heavy atom. The standard InChI is InChI=1S/C24H26N6O/c1-16-21(15-26-28(16)3)19-6-4-5-7-20(19)23-17(2)30-11-8-18(14-22(30)27-23)24(31)29-12-9-25-10-13-29/h4-8,11,14-15,25H,9-10,12-13H2,1-3H3. The van der Waals surface area contributed by atoms with Crippen molar-refractivity contribution in [2.24, 2.45) is 7.05 Å². The lowest BCUT2D eigenvalue weighted by Crippen LogP contribution is -2.46. The molecule has 0 unspecified atom stereocenters. The maximum absolute atomic E-state index is 12.9. The molecule has 5 rings (SSSR count). The van der Waals surface area contributed by atoms with E-state index in [9.17, 15) is 4.79 Å². The Kier molecular flexibility index (Phi) is 4.82. The molecule has 0 atom stereocenters. The Morgan fingerprint density at radius 3 is 2.45 bits per heavy atom. The topological polar surface area (TPSA) is 67.5 Å². The molecule has 0 spiro atoms. The van der Waals surface area contributed by atoms with Gasteiger partial charge in [0.1, 0.15) is 5.65 Å². The molecular weight excluding hydrogens is 388 g/mol. The Bertz CT molecular complexity index is 1280. The van der Waals surface area contributed by atoms with E-state index in [0.29, 0.717) is 5.56 Å². The Hall–Kier alpha value is -3.45. The first-order valence-electron chi connectivity index (χ1n) is 10.6. The molecule has 4 aromatic rings. The van der Waals surface area contributed by atoms with E-state index in [1.807, 2.05) is 53.3 Å². The number of aryl methyl sites for hydroxylation is 2. The molecule has 1 fully saturated rings. The number of benzene rings is 1. The van der Waals surface area contributed by atoms with Gasteiger partial charge in [0.2, 0.25) is 0 Å². The summed E-state index contributed by atoms with van der Waals surface area (Å²) in [5, 5.41) is 7.70. The summed E-state index contributed by atoms with van der Waals surface area (Å²) in [6.07, 6.45) is 3.86. The van der Waals surface area contributed by atoms with Crippen LogP contribution in [0.1, 0.15) is 21.7 Å². The van der Waals surface area contributed by atoms with E-state index in [4.69, 9.17) is 4.98 Å². The van der Waals surface area contributed by atoms with Gasteiger partial charge < -0.3 is 14.6 Å². The van der Waals surface area contributed by atoms with Gasteiger partial charge in [-0.3, -0.25) is 9.48 Å². The number of imidazole rings is 1. The van der Waals surface area contributed by atoms with Gasteiger partial charge in [-0.1, -0.05) is 24.3 Å². The first-order valence-corrected chi connectivity index (χ1v) is 10.6. The summed E-state index contributed by atoms with van der Waals surface area (Å²) >= 11 is 0. The molecule has 7 nitrogen and oxygen atoms in total. The van der Waals surface area contributed by atoms with Crippen LogP contribution < -0.4 is 5.32 Å². The third-order valence-electron chi connectivity index (χ3n) is 6.22. The molecule has 1 N–H and O–H groups in total. The molecule has 1 saturated heterocycles. The largest absolute Gasteiger partial charge is 0.336 e. The number of piperazine rings is 1. The number of pyridine rings is 1. The fourth-order valence-corrected chi connectivity index (χ4v) is 4.29. The van der Waals surface area contributed by atoms with Crippen molar-refractivity contribution < 1.29 is 4.79 Å². The zero-order chi connectivity index (χ0) is 21.5. The van der Waals surface area contributed by atoms with Gasteiger partial charge in [0.15, 0.2) is 0 Å². The second kappa shape index (κ2) is 7.67. The molecular formula is C24H26N6O. The summed E-state index contributed by atoms with van der Waals surface area (Å²) in [6, 6.07) is 12.1. The number of fused-ring (bicyclic) bond motifs is 1. The summed E-state index contributed by atoms with van der Waals surface area (Å²) in [7, 11) is 1.95. The van der Waals surface area contributed by atoms with E-state index < -0.39 is 0 Å². The maximum Gasteiger partial charge on any atom is 0.254 e. The smallest absolute Gasteiger partial charge is 0.254 e. The van der Waals surface area contributed by atoms with Crippen molar-refractivity contribution in [2.75, 3.05) is 26.2 Å². The third kappa shape index (κ3) is 3.31. The summed E-state index contributed by atoms with van der Waals surface area (Å²) in [4.78, 5) is 19.8. The Labute approximate surface area is 181 Å². The monoisotopic (exact) mass is 414 g/mol. The fraction of sp³-hybridized carbons (Fsp3) is 0.292. The van der Waals surface area contributed by atoms with E-state index in [1.54, 1.807) is 0 Å². The van der Waals surface area contributed by atoms with Gasteiger partial charge in [-0.05, 0) is 31.5 Å². The molecule has 1 amide bonds. The summed E-state index contributed by atoms with van der Waals surface area (Å²) < 4.78 is 3.94. The van der Waals surface area contributed by atoms with Crippen molar-refractivity contribution in [3.63, 3.8) is 0 Å². The van der Waals surface area contributed by atoms with Gasteiger partial charge in [0.25, 0.3) is 5.91 Å². The molecule has 1 aliphatic heterocycles. The zero-order valence-electron chi connectivity index (χ0n) is 18.1. The summed E-state index contributed by atoms with van der Waals surface area (Å²) in [5.74, 6) is 0.0672. The van der Waals surface area contributed by atoms with Crippen molar-refractivity contribution in [2.45, 2.75) is 13.8 Å². The average Bonchev–Trinajstić information content (AvgIpc) is 3.32. The first-order chi connectivity index (χ1) is 15.0. The highest BCUT2D eigenvalue weighted by atomic mass is 16.2. The van der Waals surface area contributed by atoms with Crippen LogP contribution in [-0.2, 0) is 7.05 Å².